The molecule has 0 unspecified atom stereocenters. The highest BCUT2D eigenvalue weighted by molar-refractivity contribution is 7.88. The van der Waals surface area contributed by atoms with Crippen LogP contribution in [0.1, 0.15) is 25.8 Å². The van der Waals surface area contributed by atoms with Gasteiger partial charge < -0.3 is 9.88 Å². The van der Waals surface area contributed by atoms with Gasteiger partial charge in [-0.15, -0.1) is 0 Å². The third kappa shape index (κ3) is 4.07. The van der Waals surface area contributed by atoms with Crippen molar-refractivity contribution < 1.29 is 8.42 Å². The molecule has 156 valence electrons. The van der Waals surface area contributed by atoms with E-state index >= 15 is 0 Å². The molecule has 29 heavy (non-hydrogen) atoms. The molecular formula is C17H21Cl2N7O2S. The second kappa shape index (κ2) is 7.75. The van der Waals surface area contributed by atoms with Crippen LogP contribution in [0.3, 0.4) is 0 Å². The predicted octanol–water partition coefficient (Wildman–Crippen LogP) is 3.29. The molecular weight excluding hydrogens is 437 g/mol. The third-order valence-electron chi connectivity index (χ3n) is 5.11. The van der Waals surface area contributed by atoms with Gasteiger partial charge in [0.25, 0.3) is 0 Å². The first-order valence-corrected chi connectivity index (χ1v) is 11.8. The van der Waals surface area contributed by atoms with Gasteiger partial charge in [-0.3, -0.25) is 4.68 Å². The van der Waals surface area contributed by atoms with Crippen molar-refractivity contribution in [3.8, 4) is 0 Å². The van der Waals surface area contributed by atoms with E-state index in [0.29, 0.717) is 47.7 Å². The van der Waals surface area contributed by atoms with Gasteiger partial charge >= 0.3 is 0 Å². The van der Waals surface area contributed by atoms with Crippen LogP contribution in [-0.2, 0) is 16.6 Å². The van der Waals surface area contributed by atoms with Crippen LogP contribution < -0.4 is 5.32 Å². The summed E-state index contributed by atoms with van der Waals surface area (Å²) in [5, 5.41) is 9.21. The molecule has 9 nitrogen and oxygen atoms in total. The zero-order valence-corrected chi connectivity index (χ0v) is 18.3. The molecule has 0 spiro atoms. The molecule has 1 aliphatic rings. The van der Waals surface area contributed by atoms with Crippen LogP contribution in [0.15, 0.2) is 18.6 Å². The fourth-order valence-corrected chi connectivity index (χ4v) is 4.84. The van der Waals surface area contributed by atoms with Gasteiger partial charge in [-0.05, 0) is 19.8 Å². The van der Waals surface area contributed by atoms with Crippen LogP contribution in [0.25, 0.3) is 11.0 Å². The Morgan fingerprint density at radius 1 is 1.24 bits per heavy atom. The van der Waals surface area contributed by atoms with Crippen LogP contribution >= 0.6 is 23.2 Å². The quantitative estimate of drug-likeness (QED) is 0.630. The number of aryl methyl sites for hydroxylation is 1. The van der Waals surface area contributed by atoms with Gasteiger partial charge in [-0.1, -0.05) is 23.2 Å². The molecule has 3 aromatic rings. The molecule has 0 saturated carbocycles. The van der Waals surface area contributed by atoms with E-state index in [0.717, 1.165) is 17.6 Å². The summed E-state index contributed by atoms with van der Waals surface area (Å²) in [5.74, 6) is 0.398. The number of hydrogen-bond donors (Lipinski definition) is 1. The topological polar surface area (TPSA) is 97.9 Å². The smallest absolute Gasteiger partial charge is 0.229 e. The van der Waals surface area contributed by atoms with E-state index in [1.54, 1.807) is 10.9 Å². The molecule has 3 aromatic heterocycles. The molecule has 4 heterocycles. The predicted molar refractivity (Wildman–Crippen MR) is 113 cm³/mol. The maximum absolute atomic E-state index is 11.7. The lowest BCUT2D eigenvalue weighted by molar-refractivity contribution is 0.262. The number of nitrogens with one attached hydrogen (secondary N) is 1. The zero-order valence-electron chi connectivity index (χ0n) is 16.0. The van der Waals surface area contributed by atoms with Gasteiger partial charge in [0.05, 0.1) is 34.6 Å². The monoisotopic (exact) mass is 457 g/mol. The molecule has 1 aliphatic heterocycles. The molecule has 0 radical (unpaired) electrons. The van der Waals surface area contributed by atoms with E-state index in [1.807, 2.05) is 23.9 Å². The van der Waals surface area contributed by atoms with Crippen molar-refractivity contribution in [2.75, 3.05) is 24.7 Å². The maximum Gasteiger partial charge on any atom is 0.229 e. The number of piperidine rings is 1. The fourth-order valence-electron chi connectivity index (χ4n) is 3.53. The van der Waals surface area contributed by atoms with E-state index in [1.165, 1.54) is 10.6 Å². The molecule has 0 aromatic carbocycles. The van der Waals surface area contributed by atoms with Crippen molar-refractivity contribution in [3.05, 3.63) is 28.8 Å². The largest absolute Gasteiger partial charge is 0.331 e. The van der Waals surface area contributed by atoms with Crippen molar-refractivity contribution in [1.82, 2.24) is 28.6 Å². The van der Waals surface area contributed by atoms with Gasteiger partial charge in [-0.25, -0.2) is 17.7 Å². The second-order valence-corrected chi connectivity index (χ2v) is 9.77. The summed E-state index contributed by atoms with van der Waals surface area (Å²) in [6.45, 7) is 3.70. The Morgan fingerprint density at radius 3 is 2.62 bits per heavy atom. The lowest BCUT2D eigenvalue weighted by Crippen LogP contribution is -2.38. The number of halogens is 2. The van der Waals surface area contributed by atoms with E-state index < -0.39 is 10.0 Å². The minimum atomic E-state index is -3.16. The number of fused-ring (bicyclic) bond motifs is 1. The Morgan fingerprint density at radius 2 is 1.97 bits per heavy atom. The van der Waals surface area contributed by atoms with E-state index in [2.05, 4.69) is 20.4 Å². The maximum atomic E-state index is 11.7. The van der Waals surface area contributed by atoms with E-state index in [-0.39, 0.29) is 6.04 Å². The summed E-state index contributed by atoms with van der Waals surface area (Å²) in [6.07, 6.45) is 7.91. The average molecular weight is 458 g/mol. The number of anilines is 2. The van der Waals surface area contributed by atoms with Crippen molar-refractivity contribution in [2.24, 2.45) is 0 Å². The number of sulfonamides is 1. The van der Waals surface area contributed by atoms with E-state index in [4.69, 9.17) is 23.2 Å². The fraction of sp³-hybridized carbons (Fsp3) is 0.471. The number of aromatic nitrogens is 5. The van der Waals surface area contributed by atoms with Crippen LogP contribution in [-0.4, -0.2) is 56.4 Å². The molecule has 1 fully saturated rings. The van der Waals surface area contributed by atoms with Gasteiger partial charge in [0, 0.05) is 32.0 Å². The lowest BCUT2D eigenvalue weighted by atomic mass is 10.1. The summed E-state index contributed by atoms with van der Waals surface area (Å²) >= 11 is 12.5. The van der Waals surface area contributed by atoms with Crippen LogP contribution in [0.5, 0.6) is 0 Å². The second-order valence-electron chi connectivity index (χ2n) is 7.03. The summed E-state index contributed by atoms with van der Waals surface area (Å²) in [6, 6.07) is 0.0839. The molecule has 0 aliphatic carbocycles. The SMILES string of the molecule is CCn1cc(Cl)c2cnc(Nc3cn(C4CCN(S(C)(=O)=O)CC4)nc3Cl)nc21. The van der Waals surface area contributed by atoms with Gasteiger partial charge in [-0.2, -0.15) is 10.1 Å². The number of rotatable bonds is 5. The van der Waals surface area contributed by atoms with Crippen molar-refractivity contribution in [2.45, 2.75) is 32.4 Å². The van der Waals surface area contributed by atoms with Crippen molar-refractivity contribution in [3.63, 3.8) is 0 Å². The van der Waals surface area contributed by atoms with Gasteiger partial charge in [0.2, 0.25) is 16.0 Å². The van der Waals surface area contributed by atoms with Gasteiger partial charge in [0.1, 0.15) is 5.65 Å². The molecule has 4 rings (SSSR count). The Bertz CT molecular complexity index is 1150. The zero-order chi connectivity index (χ0) is 20.8. The lowest BCUT2D eigenvalue weighted by Gasteiger charge is -2.30. The summed E-state index contributed by atoms with van der Waals surface area (Å²) < 4.78 is 28.6. The standard InChI is InChI=1S/C17H21Cl2N7O2S/c1-3-24-9-13(18)12-8-20-17(22-16(12)24)21-14-10-26(23-15(14)19)11-4-6-25(7-5-11)29(2,27)28/h8-11H,3-7H2,1-2H3,(H,20,21,22). The molecule has 0 bridgehead atoms. The summed E-state index contributed by atoms with van der Waals surface area (Å²) in [4.78, 5) is 8.87. The first kappa shape index (κ1) is 20.4. The normalized spacial score (nSPS) is 16.6. The first-order chi connectivity index (χ1) is 13.8. The molecule has 12 heteroatoms. The Hall–Kier alpha value is -1.88. The van der Waals surface area contributed by atoms with Crippen molar-refractivity contribution in [1.29, 1.82) is 0 Å². The molecule has 1 saturated heterocycles. The van der Waals surface area contributed by atoms with Crippen LogP contribution in [0.4, 0.5) is 11.6 Å². The Balaban J connectivity index is 1.52. The highest BCUT2D eigenvalue weighted by Crippen LogP contribution is 2.30. The minimum absolute atomic E-state index is 0.0839. The van der Waals surface area contributed by atoms with Crippen molar-refractivity contribution >= 4 is 55.9 Å². The Labute approximate surface area is 178 Å². The van der Waals surface area contributed by atoms with E-state index in [9.17, 15) is 8.42 Å². The number of nitrogens with zero attached hydrogens (tertiary/aromatic N) is 6. The Kier molecular flexibility index (Phi) is 5.45. The highest BCUT2D eigenvalue weighted by Gasteiger charge is 2.27. The molecule has 1 N–H and O–H groups in total. The number of hydrogen-bond acceptors (Lipinski definition) is 6. The summed E-state index contributed by atoms with van der Waals surface area (Å²) in [5.41, 5.74) is 1.34. The van der Waals surface area contributed by atoms with Crippen LogP contribution in [0.2, 0.25) is 10.2 Å². The first-order valence-electron chi connectivity index (χ1n) is 9.24. The molecule has 0 amide bonds. The third-order valence-corrected chi connectivity index (χ3v) is 6.99. The highest BCUT2D eigenvalue weighted by atomic mass is 35.5. The van der Waals surface area contributed by atoms with Crippen LogP contribution in [0, 0.1) is 0 Å². The minimum Gasteiger partial charge on any atom is -0.331 e. The summed E-state index contributed by atoms with van der Waals surface area (Å²) in [7, 11) is -3.16. The average Bonchev–Trinajstić information content (AvgIpc) is 3.21. The molecule has 0 atom stereocenters. The van der Waals surface area contributed by atoms with Gasteiger partial charge in [0.15, 0.2) is 5.15 Å².